The van der Waals surface area contributed by atoms with Crippen LogP contribution < -0.4 is 5.32 Å². The van der Waals surface area contributed by atoms with Gasteiger partial charge in [0, 0.05) is 6.04 Å². The lowest BCUT2D eigenvalue weighted by Gasteiger charge is -2.16. The highest BCUT2D eigenvalue weighted by Gasteiger charge is 2.32. The Labute approximate surface area is 125 Å². The summed E-state index contributed by atoms with van der Waals surface area (Å²) in [4.78, 5) is 25.1. The van der Waals surface area contributed by atoms with Crippen LogP contribution in [0.1, 0.15) is 25.0 Å². The largest absolute Gasteiger partial charge is 0.442 e. The highest BCUT2D eigenvalue weighted by molar-refractivity contribution is 5.78. The minimum absolute atomic E-state index is 0.0575. The summed E-state index contributed by atoms with van der Waals surface area (Å²) < 4.78 is 5.22. The minimum atomic E-state index is -0.303. The van der Waals surface area contributed by atoms with Crippen LogP contribution in [0.4, 0.5) is 4.79 Å². The third-order valence-electron chi connectivity index (χ3n) is 3.54. The summed E-state index contributed by atoms with van der Waals surface area (Å²) in [5.41, 5.74) is 2.15. The van der Waals surface area contributed by atoms with Gasteiger partial charge in [-0.1, -0.05) is 29.8 Å². The van der Waals surface area contributed by atoms with E-state index in [-0.39, 0.29) is 24.1 Å². The number of cyclic esters (lactones) is 1. The molecule has 0 bridgehead atoms. The lowest BCUT2D eigenvalue weighted by Crippen LogP contribution is -2.36. The lowest BCUT2D eigenvalue weighted by molar-refractivity contribution is -0.120. The highest BCUT2D eigenvalue weighted by Crippen LogP contribution is 2.13. The molecule has 0 radical (unpaired) electrons. The summed E-state index contributed by atoms with van der Waals surface area (Å²) in [5, 5.41) is 2.82. The van der Waals surface area contributed by atoms with Crippen molar-refractivity contribution in [2.75, 3.05) is 13.1 Å². The van der Waals surface area contributed by atoms with Crippen molar-refractivity contribution in [2.45, 2.75) is 39.3 Å². The van der Waals surface area contributed by atoms with E-state index in [0.717, 1.165) is 5.56 Å². The molecule has 5 nitrogen and oxygen atoms in total. The molecule has 1 unspecified atom stereocenters. The molecule has 1 aromatic carbocycles. The number of nitrogens with zero attached hydrogens (tertiary/aromatic N) is 1. The third kappa shape index (κ3) is 4.21. The zero-order valence-corrected chi connectivity index (χ0v) is 12.8. The molecule has 114 valence electrons. The number of benzene rings is 1. The van der Waals surface area contributed by atoms with E-state index in [0.29, 0.717) is 19.5 Å². The minimum Gasteiger partial charge on any atom is -0.442 e. The van der Waals surface area contributed by atoms with E-state index in [4.69, 9.17) is 4.74 Å². The van der Waals surface area contributed by atoms with Crippen molar-refractivity contribution in [1.82, 2.24) is 10.2 Å². The summed E-state index contributed by atoms with van der Waals surface area (Å²) in [7, 11) is 0. The molecule has 0 aliphatic carbocycles. The molecule has 1 aromatic rings. The Morgan fingerprint density at radius 3 is 2.62 bits per heavy atom. The number of amides is 2. The Balaban J connectivity index is 1.77. The van der Waals surface area contributed by atoms with Crippen molar-refractivity contribution in [3.8, 4) is 0 Å². The number of ether oxygens (including phenoxy) is 1. The molecule has 1 atom stereocenters. The topological polar surface area (TPSA) is 58.6 Å². The third-order valence-corrected chi connectivity index (χ3v) is 3.54. The van der Waals surface area contributed by atoms with Crippen molar-refractivity contribution >= 4 is 12.0 Å². The lowest BCUT2D eigenvalue weighted by atomic mass is 10.1. The van der Waals surface area contributed by atoms with Crippen molar-refractivity contribution in [2.24, 2.45) is 0 Å². The van der Waals surface area contributed by atoms with Crippen LogP contribution in [-0.2, 0) is 16.0 Å². The van der Waals surface area contributed by atoms with E-state index >= 15 is 0 Å². The zero-order valence-electron chi connectivity index (χ0n) is 12.8. The molecule has 0 aromatic heterocycles. The van der Waals surface area contributed by atoms with Crippen LogP contribution in [-0.4, -0.2) is 42.1 Å². The molecule has 0 spiro atoms. The maximum Gasteiger partial charge on any atom is 0.410 e. The molecular formula is C16H22N2O3. The number of aryl methyl sites for hydroxylation is 1. The van der Waals surface area contributed by atoms with Gasteiger partial charge in [-0.3, -0.25) is 4.79 Å². The number of carbonyl (C=O) groups is 2. The Hall–Kier alpha value is -2.04. The van der Waals surface area contributed by atoms with E-state index in [2.05, 4.69) is 5.32 Å². The van der Waals surface area contributed by atoms with Crippen molar-refractivity contribution in [1.29, 1.82) is 0 Å². The van der Waals surface area contributed by atoms with E-state index in [1.54, 1.807) is 4.90 Å². The molecule has 5 heteroatoms. The maximum absolute atomic E-state index is 11.9. The van der Waals surface area contributed by atoms with Gasteiger partial charge in [-0.25, -0.2) is 4.79 Å². The summed E-state index contributed by atoms with van der Waals surface area (Å²) in [6.07, 6.45) is -0.223. The second kappa shape index (κ2) is 6.61. The SMILES string of the molecule is Cc1ccc(CC(=O)NCC2CN(C(C)C)C(=O)O2)cc1. The number of carbonyl (C=O) groups excluding carboxylic acids is 2. The summed E-state index contributed by atoms with van der Waals surface area (Å²) >= 11 is 0. The van der Waals surface area contributed by atoms with Gasteiger partial charge in [-0.2, -0.15) is 0 Å². The van der Waals surface area contributed by atoms with Gasteiger partial charge in [0.1, 0.15) is 6.10 Å². The van der Waals surface area contributed by atoms with Gasteiger partial charge in [0.05, 0.1) is 19.5 Å². The van der Waals surface area contributed by atoms with Gasteiger partial charge in [0.2, 0.25) is 5.91 Å². The van der Waals surface area contributed by atoms with Gasteiger partial charge >= 0.3 is 6.09 Å². The number of hydrogen-bond acceptors (Lipinski definition) is 3. The van der Waals surface area contributed by atoms with Gasteiger partial charge in [-0.05, 0) is 26.3 Å². The second-order valence-corrected chi connectivity index (χ2v) is 5.72. The highest BCUT2D eigenvalue weighted by atomic mass is 16.6. The molecule has 2 rings (SSSR count). The Kier molecular flexibility index (Phi) is 4.83. The molecule has 2 amide bonds. The van der Waals surface area contributed by atoms with Gasteiger partial charge < -0.3 is 15.0 Å². The molecule has 21 heavy (non-hydrogen) atoms. The van der Waals surface area contributed by atoms with Crippen LogP contribution in [0, 0.1) is 6.92 Å². The van der Waals surface area contributed by atoms with Crippen molar-refractivity contribution in [3.63, 3.8) is 0 Å². The van der Waals surface area contributed by atoms with Crippen LogP contribution in [0.25, 0.3) is 0 Å². The molecule has 1 aliphatic rings. The van der Waals surface area contributed by atoms with Gasteiger partial charge in [0.25, 0.3) is 0 Å². The van der Waals surface area contributed by atoms with Gasteiger partial charge in [-0.15, -0.1) is 0 Å². The fourth-order valence-corrected chi connectivity index (χ4v) is 2.25. The number of nitrogens with one attached hydrogen (secondary N) is 1. The van der Waals surface area contributed by atoms with Crippen LogP contribution >= 0.6 is 0 Å². The molecule has 1 fully saturated rings. The quantitative estimate of drug-likeness (QED) is 0.901. The number of hydrogen-bond donors (Lipinski definition) is 1. The summed E-state index contributed by atoms with van der Waals surface area (Å²) in [6, 6.07) is 7.99. The Morgan fingerprint density at radius 2 is 2.05 bits per heavy atom. The first-order chi connectivity index (χ1) is 9.95. The van der Waals surface area contributed by atoms with Crippen molar-refractivity contribution in [3.05, 3.63) is 35.4 Å². The predicted molar refractivity (Wildman–Crippen MR) is 80.0 cm³/mol. The maximum atomic E-state index is 11.9. The average Bonchev–Trinajstić information content (AvgIpc) is 2.81. The van der Waals surface area contributed by atoms with E-state index in [1.807, 2.05) is 45.0 Å². The average molecular weight is 290 g/mol. The molecule has 1 heterocycles. The van der Waals surface area contributed by atoms with Crippen LogP contribution in [0.15, 0.2) is 24.3 Å². The number of rotatable bonds is 5. The van der Waals surface area contributed by atoms with E-state index in [9.17, 15) is 9.59 Å². The molecule has 1 aliphatic heterocycles. The second-order valence-electron chi connectivity index (χ2n) is 5.72. The Morgan fingerprint density at radius 1 is 1.38 bits per heavy atom. The fraction of sp³-hybridized carbons (Fsp3) is 0.500. The normalized spacial score (nSPS) is 18.0. The Bertz CT molecular complexity index is 511. The summed E-state index contributed by atoms with van der Waals surface area (Å²) in [6.45, 7) is 6.79. The van der Waals surface area contributed by atoms with E-state index < -0.39 is 0 Å². The van der Waals surface area contributed by atoms with Crippen LogP contribution in [0.2, 0.25) is 0 Å². The zero-order chi connectivity index (χ0) is 15.4. The molecular weight excluding hydrogens is 268 g/mol. The molecule has 1 N–H and O–H groups in total. The first-order valence-corrected chi connectivity index (χ1v) is 7.25. The fourth-order valence-electron chi connectivity index (χ4n) is 2.25. The molecule has 0 saturated carbocycles. The van der Waals surface area contributed by atoms with Gasteiger partial charge in [0.15, 0.2) is 0 Å². The first kappa shape index (κ1) is 15.4. The smallest absolute Gasteiger partial charge is 0.410 e. The van der Waals surface area contributed by atoms with E-state index in [1.165, 1.54) is 5.56 Å². The van der Waals surface area contributed by atoms with Crippen LogP contribution in [0.3, 0.4) is 0 Å². The van der Waals surface area contributed by atoms with Crippen LogP contribution in [0.5, 0.6) is 0 Å². The standard InChI is InChI=1S/C16H22N2O3/c1-11(2)18-10-14(21-16(18)20)9-17-15(19)8-13-6-4-12(3)5-7-13/h4-7,11,14H,8-10H2,1-3H3,(H,17,19). The predicted octanol–water partition coefficient (Wildman–Crippen LogP) is 1.88. The monoisotopic (exact) mass is 290 g/mol. The summed E-state index contributed by atoms with van der Waals surface area (Å²) in [5.74, 6) is -0.0575. The first-order valence-electron chi connectivity index (χ1n) is 7.25. The van der Waals surface area contributed by atoms with Crippen molar-refractivity contribution < 1.29 is 14.3 Å². The molecule has 1 saturated heterocycles.